The Morgan fingerprint density at radius 2 is 1.70 bits per heavy atom. The average molecular weight is 437 g/mol. The van der Waals surface area contributed by atoms with E-state index in [-0.39, 0.29) is 0 Å². The summed E-state index contributed by atoms with van der Waals surface area (Å²) in [7, 11) is 4.29. The van der Waals surface area contributed by atoms with Crippen molar-refractivity contribution >= 4 is 10.8 Å². The molecule has 0 bridgehead atoms. The Hall–Kier alpha value is -3.26. The number of fused-ring (bicyclic) bond motifs is 2. The molecule has 2 nitrogen and oxygen atoms in total. The lowest BCUT2D eigenvalue weighted by Crippen LogP contribution is -2.29. The van der Waals surface area contributed by atoms with E-state index in [1.807, 2.05) is 0 Å². The van der Waals surface area contributed by atoms with Crippen molar-refractivity contribution in [1.29, 1.82) is 0 Å². The molecule has 0 N–H and O–H groups in total. The molecule has 0 radical (unpaired) electrons. The van der Waals surface area contributed by atoms with Crippen LogP contribution in [0.15, 0.2) is 102 Å². The van der Waals surface area contributed by atoms with E-state index >= 15 is 0 Å². The van der Waals surface area contributed by atoms with E-state index in [1.54, 1.807) is 0 Å². The molecule has 4 rings (SSSR count). The van der Waals surface area contributed by atoms with Crippen LogP contribution in [0.25, 0.3) is 10.8 Å². The molecule has 1 aliphatic heterocycles. The van der Waals surface area contributed by atoms with Gasteiger partial charge in [-0.3, -0.25) is 0 Å². The van der Waals surface area contributed by atoms with E-state index in [1.165, 1.54) is 38.9 Å². The van der Waals surface area contributed by atoms with Crippen molar-refractivity contribution < 1.29 is 0 Å². The van der Waals surface area contributed by atoms with Crippen molar-refractivity contribution in [2.75, 3.05) is 20.6 Å². The minimum absolute atomic E-state index is 0.971. The number of rotatable bonds is 8. The predicted octanol–water partition coefficient (Wildman–Crippen LogP) is 7.13. The van der Waals surface area contributed by atoms with Crippen LogP contribution in [-0.2, 0) is 19.4 Å². The van der Waals surface area contributed by atoms with Crippen molar-refractivity contribution in [1.82, 2.24) is 9.80 Å². The first-order valence-corrected chi connectivity index (χ1v) is 12.1. The van der Waals surface area contributed by atoms with Gasteiger partial charge in [0.15, 0.2) is 0 Å². The average Bonchev–Trinajstić information content (AvgIpc) is 2.85. The van der Waals surface area contributed by atoms with Crippen molar-refractivity contribution in [3.05, 3.63) is 119 Å². The molecule has 0 spiro atoms. The fourth-order valence-electron chi connectivity index (χ4n) is 4.77. The van der Waals surface area contributed by atoms with Gasteiger partial charge in [-0.2, -0.15) is 0 Å². The Labute approximate surface area is 199 Å². The summed E-state index contributed by atoms with van der Waals surface area (Å²) >= 11 is 0. The highest BCUT2D eigenvalue weighted by Gasteiger charge is 2.16. The maximum Gasteiger partial charge on any atom is 0.0429 e. The normalized spacial score (nSPS) is 14.7. The quantitative estimate of drug-likeness (QED) is 0.347. The molecule has 0 amide bonds. The fourth-order valence-corrected chi connectivity index (χ4v) is 4.77. The summed E-state index contributed by atoms with van der Waals surface area (Å²) in [5, 5.41) is 2.69. The van der Waals surface area contributed by atoms with Crippen molar-refractivity contribution in [3.8, 4) is 0 Å². The zero-order valence-corrected chi connectivity index (χ0v) is 20.3. The molecule has 3 aromatic carbocycles. The molecule has 0 aromatic heterocycles. The first-order chi connectivity index (χ1) is 16.2. The molecule has 1 heterocycles. The van der Waals surface area contributed by atoms with Crippen LogP contribution in [0.3, 0.4) is 0 Å². The van der Waals surface area contributed by atoms with Crippen LogP contribution in [0.2, 0.25) is 0 Å². The molecule has 0 fully saturated rings. The van der Waals surface area contributed by atoms with Crippen LogP contribution < -0.4 is 0 Å². The largest absolute Gasteiger partial charge is 0.381 e. The van der Waals surface area contributed by atoms with Gasteiger partial charge in [0.05, 0.1) is 0 Å². The topological polar surface area (TPSA) is 6.48 Å². The summed E-state index contributed by atoms with van der Waals surface area (Å²) < 4.78 is 0. The SMILES string of the molecule is C/C=C(/C/C=C\C=C(\CCc1cccc2ccccc12)N(C)C)N1CCc2ccccc2C1. The van der Waals surface area contributed by atoms with Crippen LogP contribution in [0, 0.1) is 0 Å². The smallest absolute Gasteiger partial charge is 0.0429 e. The first-order valence-electron chi connectivity index (χ1n) is 12.1. The Bertz CT molecular complexity index is 1160. The maximum atomic E-state index is 2.53. The minimum Gasteiger partial charge on any atom is -0.381 e. The molecule has 3 aromatic rings. The first kappa shape index (κ1) is 22.9. The van der Waals surface area contributed by atoms with E-state index in [9.17, 15) is 0 Å². The molecule has 0 aliphatic carbocycles. The van der Waals surface area contributed by atoms with Crippen LogP contribution in [-0.4, -0.2) is 30.4 Å². The second kappa shape index (κ2) is 11.0. The molecule has 0 saturated carbocycles. The standard InChI is InChI=1S/C31H36N2/c1-4-29(33-23-22-25-12-5-6-14-28(25)24-33)17-8-9-18-30(32(2)3)21-20-27-16-11-15-26-13-7-10-19-31(26)27/h4-16,18-19H,17,20-24H2,1-3H3/b9-8-,29-4-,30-18-. The zero-order valence-electron chi connectivity index (χ0n) is 20.3. The van der Waals surface area contributed by atoms with Crippen molar-refractivity contribution in [3.63, 3.8) is 0 Å². The summed E-state index contributed by atoms with van der Waals surface area (Å²) in [5.41, 5.74) is 7.16. The van der Waals surface area contributed by atoms with E-state index in [0.29, 0.717) is 0 Å². The molecule has 33 heavy (non-hydrogen) atoms. The lowest BCUT2D eigenvalue weighted by molar-refractivity contribution is 0.316. The van der Waals surface area contributed by atoms with Gasteiger partial charge >= 0.3 is 0 Å². The minimum atomic E-state index is 0.971. The molecule has 0 saturated heterocycles. The van der Waals surface area contributed by atoms with Gasteiger partial charge in [-0.25, -0.2) is 0 Å². The third-order valence-corrected chi connectivity index (χ3v) is 6.73. The molecular weight excluding hydrogens is 400 g/mol. The van der Waals surface area contributed by atoms with Crippen LogP contribution in [0.5, 0.6) is 0 Å². The lowest BCUT2D eigenvalue weighted by Gasteiger charge is -2.32. The van der Waals surface area contributed by atoms with Gasteiger partial charge < -0.3 is 9.80 Å². The van der Waals surface area contributed by atoms with Crippen LogP contribution in [0.1, 0.15) is 36.5 Å². The highest BCUT2D eigenvalue weighted by Crippen LogP contribution is 2.24. The number of benzene rings is 3. The monoisotopic (exact) mass is 436 g/mol. The molecule has 1 aliphatic rings. The van der Waals surface area contributed by atoms with Crippen molar-refractivity contribution in [2.45, 2.75) is 39.2 Å². The molecule has 2 heteroatoms. The van der Waals surface area contributed by atoms with Gasteiger partial charge in [0.25, 0.3) is 0 Å². The highest BCUT2D eigenvalue weighted by molar-refractivity contribution is 5.85. The lowest BCUT2D eigenvalue weighted by atomic mass is 9.99. The Morgan fingerprint density at radius 3 is 2.52 bits per heavy atom. The summed E-state index contributed by atoms with van der Waals surface area (Å²) in [6.07, 6.45) is 13.3. The predicted molar refractivity (Wildman–Crippen MR) is 142 cm³/mol. The Kier molecular flexibility index (Phi) is 7.67. The number of hydrogen-bond donors (Lipinski definition) is 0. The number of aryl methyl sites for hydroxylation is 1. The van der Waals surface area contributed by atoms with E-state index in [2.05, 4.69) is 122 Å². The summed E-state index contributed by atoms with van der Waals surface area (Å²) in [6, 6.07) is 24.2. The van der Waals surface area contributed by atoms with E-state index < -0.39 is 0 Å². The number of nitrogens with zero attached hydrogens (tertiary/aromatic N) is 2. The van der Waals surface area contributed by atoms with Gasteiger partial charge in [0.1, 0.15) is 0 Å². The zero-order chi connectivity index (χ0) is 23.0. The Morgan fingerprint density at radius 1 is 0.939 bits per heavy atom. The highest BCUT2D eigenvalue weighted by atomic mass is 15.1. The van der Waals surface area contributed by atoms with Gasteiger partial charge in [0.2, 0.25) is 0 Å². The fraction of sp³-hybridized carbons (Fsp3) is 0.290. The maximum absolute atomic E-state index is 2.53. The summed E-state index contributed by atoms with van der Waals surface area (Å²) in [6.45, 7) is 4.29. The summed E-state index contributed by atoms with van der Waals surface area (Å²) in [5.74, 6) is 0. The van der Waals surface area contributed by atoms with Gasteiger partial charge in [-0.1, -0.05) is 85.0 Å². The van der Waals surface area contributed by atoms with Crippen LogP contribution in [0.4, 0.5) is 0 Å². The second-order valence-corrected chi connectivity index (χ2v) is 9.04. The van der Waals surface area contributed by atoms with E-state index in [0.717, 1.165) is 38.8 Å². The Balaban J connectivity index is 1.37. The summed E-state index contributed by atoms with van der Waals surface area (Å²) in [4.78, 5) is 4.78. The molecular formula is C31H36N2. The number of hydrogen-bond acceptors (Lipinski definition) is 2. The molecule has 0 unspecified atom stereocenters. The van der Waals surface area contributed by atoms with E-state index in [4.69, 9.17) is 0 Å². The third-order valence-electron chi connectivity index (χ3n) is 6.73. The van der Waals surface area contributed by atoms with Gasteiger partial charge in [0, 0.05) is 45.0 Å². The van der Waals surface area contributed by atoms with Crippen molar-refractivity contribution in [2.24, 2.45) is 0 Å². The molecule has 170 valence electrons. The van der Waals surface area contributed by atoms with Gasteiger partial charge in [-0.15, -0.1) is 0 Å². The third kappa shape index (κ3) is 5.76. The van der Waals surface area contributed by atoms with Gasteiger partial charge in [-0.05, 0) is 59.7 Å². The molecule has 0 atom stereocenters. The van der Waals surface area contributed by atoms with Crippen LogP contribution >= 0.6 is 0 Å². The number of allylic oxidation sites excluding steroid dienone is 5. The second-order valence-electron chi connectivity index (χ2n) is 9.04.